The second-order valence-corrected chi connectivity index (χ2v) is 5.10. The smallest absolute Gasteiger partial charge is 0.312 e. The zero-order chi connectivity index (χ0) is 12.1. The number of carbonyl (C=O) groups is 1. The number of hydrogen-bond acceptors (Lipinski definition) is 3. The molecule has 0 rings (SSSR count). The maximum absolute atomic E-state index is 11.5. The molecular formula is C12H25NO2. The van der Waals surface area contributed by atoms with Crippen molar-refractivity contribution in [3.8, 4) is 0 Å². The summed E-state index contributed by atoms with van der Waals surface area (Å²) >= 11 is 0. The van der Waals surface area contributed by atoms with E-state index in [1.807, 2.05) is 13.8 Å². The molecule has 0 radical (unpaired) electrons. The van der Waals surface area contributed by atoms with E-state index < -0.39 is 5.41 Å². The third-order valence-corrected chi connectivity index (χ3v) is 2.43. The number of methoxy groups -OCH3 is 1. The highest BCUT2D eigenvalue weighted by atomic mass is 16.5. The minimum absolute atomic E-state index is 0.135. The number of carbonyl (C=O) groups excluding carboxylic acids is 1. The van der Waals surface area contributed by atoms with Gasteiger partial charge in [0.15, 0.2) is 0 Å². The Morgan fingerprint density at radius 1 is 1.40 bits per heavy atom. The summed E-state index contributed by atoms with van der Waals surface area (Å²) < 4.78 is 4.80. The summed E-state index contributed by atoms with van der Waals surface area (Å²) in [5, 5.41) is 0. The molecule has 0 heterocycles. The summed E-state index contributed by atoms with van der Waals surface area (Å²) in [6.07, 6.45) is 0. The molecule has 0 bridgehead atoms. The molecule has 0 unspecified atom stereocenters. The Labute approximate surface area is 93.8 Å². The number of ether oxygens (including phenoxy) is 1. The van der Waals surface area contributed by atoms with Crippen molar-refractivity contribution in [3.63, 3.8) is 0 Å². The molecule has 90 valence electrons. The zero-order valence-electron chi connectivity index (χ0n) is 11.0. The SMILES string of the molecule is CCN(CC(C)C)CC(C)(C)C(=O)OC. The molecular weight excluding hydrogens is 190 g/mol. The Bertz CT molecular complexity index is 200. The van der Waals surface area contributed by atoms with Crippen LogP contribution in [0.25, 0.3) is 0 Å². The van der Waals surface area contributed by atoms with Crippen LogP contribution in [0.1, 0.15) is 34.6 Å². The van der Waals surface area contributed by atoms with Gasteiger partial charge >= 0.3 is 5.97 Å². The van der Waals surface area contributed by atoms with Gasteiger partial charge in [-0.25, -0.2) is 0 Å². The van der Waals surface area contributed by atoms with Gasteiger partial charge in [0.25, 0.3) is 0 Å². The minimum atomic E-state index is -0.417. The Balaban J connectivity index is 4.33. The molecule has 0 N–H and O–H groups in total. The topological polar surface area (TPSA) is 29.5 Å². The lowest BCUT2D eigenvalue weighted by atomic mass is 9.92. The van der Waals surface area contributed by atoms with Crippen molar-refractivity contribution in [1.29, 1.82) is 0 Å². The van der Waals surface area contributed by atoms with E-state index >= 15 is 0 Å². The van der Waals surface area contributed by atoms with Crippen molar-refractivity contribution < 1.29 is 9.53 Å². The molecule has 0 aliphatic heterocycles. The highest BCUT2D eigenvalue weighted by Gasteiger charge is 2.30. The molecule has 0 spiro atoms. The molecule has 15 heavy (non-hydrogen) atoms. The van der Waals surface area contributed by atoms with Crippen LogP contribution < -0.4 is 0 Å². The molecule has 0 aliphatic carbocycles. The molecule has 0 aliphatic rings. The Morgan fingerprint density at radius 3 is 2.27 bits per heavy atom. The molecule has 0 saturated heterocycles. The standard InChI is InChI=1S/C12H25NO2/c1-7-13(8-10(2)3)9-12(4,5)11(14)15-6/h10H,7-9H2,1-6H3. The van der Waals surface area contributed by atoms with Gasteiger partial charge in [-0.05, 0) is 26.3 Å². The van der Waals surface area contributed by atoms with Crippen molar-refractivity contribution in [2.75, 3.05) is 26.7 Å². The van der Waals surface area contributed by atoms with Crippen LogP contribution in [0.5, 0.6) is 0 Å². The first-order valence-corrected chi connectivity index (χ1v) is 5.64. The van der Waals surface area contributed by atoms with Crippen molar-refractivity contribution in [1.82, 2.24) is 4.90 Å². The molecule has 0 saturated carbocycles. The number of nitrogens with zero attached hydrogens (tertiary/aromatic N) is 1. The van der Waals surface area contributed by atoms with Crippen LogP contribution in [-0.2, 0) is 9.53 Å². The van der Waals surface area contributed by atoms with Crippen LogP contribution in [0.2, 0.25) is 0 Å². The number of rotatable bonds is 6. The van der Waals surface area contributed by atoms with Gasteiger partial charge in [0.05, 0.1) is 12.5 Å². The lowest BCUT2D eigenvalue weighted by molar-refractivity contribution is -0.151. The molecule has 0 amide bonds. The third kappa shape index (κ3) is 5.17. The molecule has 0 atom stereocenters. The van der Waals surface area contributed by atoms with E-state index in [1.165, 1.54) is 7.11 Å². The first-order chi connectivity index (χ1) is 6.83. The largest absolute Gasteiger partial charge is 0.469 e. The van der Waals surface area contributed by atoms with Crippen molar-refractivity contribution in [2.45, 2.75) is 34.6 Å². The quantitative estimate of drug-likeness (QED) is 0.636. The average molecular weight is 215 g/mol. The predicted octanol–water partition coefficient (Wildman–Crippen LogP) is 2.16. The Hall–Kier alpha value is -0.570. The van der Waals surface area contributed by atoms with E-state index in [2.05, 4.69) is 25.7 Å². The maximum atomic E-state index is 11.5. The summed E-state index contributed by atoms with van der Waals surface area (Å²) in [4.78, 5) is 13.8. The van der Waals surface area contributed by atoms with Gasteiger partial charge in [0.1, 0.15) is 0 Å². The number of esters is 1. The van der Waals surface area contributed by atoms with Crippen LogP contribution in [0, 0.1) is 11.3 Å². The highest BCUT2D eigenvalue weighted by Crippen LogP contribution is 2.19. The van der Waals surface area contributed by atoms with E-state index in [0.29, 0.717) is 5.92 Å². The van der Waals surface area contributed by atoms with E-state index in [-0.39, 0.29) is 5.97 Å². The van der Waals surface area contributed by atoms with Crippen LogP contribution in [-0.4, -0.2) is 37.6 Å². The molecule has 3 nitrogen and oxygen atoms in total. The summed E-state index contributed by atoms with van der Waals surface area (Å²) in [5.74, 6) is 0.489. The van der Waals surface area contributed by atoms with Crippen molar-refractivity contribution in [2.24, 2.45) is 11.3 Å². The van der Waals surface area contributed by atoms with E-state index in [1.54, 1.807) is 0 Å². The fourth-order valence-electron chi connectivity index (χ4n) is 1.72. The average Bonchev–Trinajstić information content (AvgIpc) is 2.14. The van der Waals surface area contributed by atoms with Gasteiger partial charge in [0, 0.05) is 13.1 Å². The van der Waals surface area contributed by atoms with Gasteiger partial charge in [-0.2, -0.15) is 0 Å². The van der Waals surface area contributed by atoms with E-state index in [9.17, 15) is 4.79 Å². The van der Waals surface area contributed by atoms with Gasteiger partial charge in [-0.15, -0.1) is 0 Å². The second kappa shape index (κ2) is 6.11. The first kappa shape index (κ1) is 14.4. The molecule has 3 heteroatoms. The van der Waals surface area contributed by atoms with Crippen LogP contribution in [0.4, 0.5) is 0 Å². The summed E-state index contributed by atoms with van der Waals surface area (Å²) in [5.41, 5.74) is -0.417. The second-order valence-electron chi connectivity index (χ2n) is 5.10. The van der Waals surface area contributed by atoms with Crippen molar-refractivity contribution >= 4 is 5.97 Å². The van der Waals surface area contributed by atoms with Gasteiger partial charge in [-0.1, -0.05) is 20.8 Å². The van der Waals surface area contributed by atoms with Crippen molar-refractivity contribution in [3.05, 3.63) is 0 Å². The van der Waals surface area contributed by atoms with E-state index in [4.69, 9.17) is 4.74 Å². The fraction of sp³-hybridized carbons (Fsp3) is 0.917. The van der Waals surface area contributed by atoms with E-state index in [0.717, 1.165) is 19.6 Å². The summed E-state index contributed by atoms with van der Waals surface area (Å²) in [6, 6.07) is 0. The lowest BCUT2D eigenvalue weighted by Gasteiger charge is -2.30. The summed E-state index contributed by atoms with van der Waals surface area (Å²) in [6.45, 7) is 13.1. The third-order valence-electron chi connectivity index (χ3n) is 2.43. The van der Waals surface area contributed by atoms with Gasteiger partial charge in [-0.3, -0.25) is 4.79 Å². The maximum Gasteiger partial charge on any atom is 0.312 e. The number of hydrogen-bond donors (Lipinski definition) is 0. The molecule has 0 aromatic carbocycles. The first-order valence-electron chi connectivity index (χ1n) is 5.64. The van der Waals surface area contributed by atoms with Crippen LogP contribution >= 0.6 is 0 Å². The highest BCUT2D eigenvalue weighted by molar-refractivity contribution is 5.76. The van der Waals surface area contributed by atoms with Gasteiger partial charge in [0.2, 0.25) is 0 Å². The van der Waals surface area contributed by atoms with Crippen LogP contribution in [0.3, 0.4) is 0 Å². The molecule has 0 aromatic heterocycles. The van der Waals surface area contributed by atoms with Gasteiger partial charge < -0.3 is 9.64 Å². The lowest BCUT2D eigenvalue weighted by Crippen LogP contribution is -2.41. The monoisotopic (exact) mass is 215 g/mol. The Morgan fingerprint density at radius 2 is 1.93 bits per heavy atom. The Kier molecular flexibility index (Phi) is 5.88. The predicted molar refractivity (Wildman–Crippen MR) is 62.7 cm³/mol. The van der Waals surface area contributed by atoms with Crippen LogP contribution in [0.15, 0.2) is 0 Å². The fourth-order valence-corrected chi connectivity index (χ4v) is 1.72. The minimum Gasteiger partial charge on any atom is -0.469 e. The zero-order valence-corrected chi connectivity index (χ0v) is 11.0. The molecule has 0 aromatic rings. The molecule has 0 fully saturated rings. The normalized spacial score (nSPS) is 12.3. The summed E-state index contributed by atoms with van der Waals surface area (Å²) in [7, 11) is 1.45.